The first-order chi connectivity index (χ1) is 9.52. The molecule has 0 aliphatic rings. The van der Waals surface area contributed by atoms with Crippen molar-refractivity contribution in [3.8, 4) is 0 Å². The average Bonchev–Trinajstić information content (AvgIpc) is 2.40. The van der Waals surface area contributed by atoms with Gasteiger partial charge in [-0.15, -0.1) is 0 Å². The number of nitrogens with two attached hydrogens (primary N) is 1. The standard InChI is InChI=1S/C13H11Cl3FN3/c14-7-4-10(16)13(19-6-7)12(20-18)5-8-9(15)2-1-3-11(8)17/h1-4,6,12,20H,5,18H2. The molecule has 2 aromatic rings. The van der Waals surface area contributed by atoms with E-state index in [1.165, 1.54) is 12.3 Å². The van der Waals surface area contributed by atoms with Gasteiger partial charge in [0, 0.05) is 16.8 Å². The zero-order valence-electron chi connectivity index (χ0n) is 10.2. The van der Waals surface area contributed by atoms with E-state index in [9.17, 15) is 4.39 Å². The molecule has 106 valence electrons. The van der Waals surface area contributed by atoms with E-state index in [0.29, 0.717) is 26.3 Å². The zero-order chi connectivity index (χ0) is 14.7. The minimum atomic E-state index is -0.478. The Morgan fingerprint density at radius 3 is 2.60 bits per heavy atom. The maximum atomic E-state index is 13.8. The van der Waals surface area contributed by atoms with E-state index >= 15 is 0 Å². The van der Waals surface area contributed by atoms with Crippen molar-refractivity contribution in [2.24, 2.45) is 5.84 Å². The number of benzene rings is 1. The second-order valence-electron chi connectivity index (χ2n) is 4.14. The van der Waals surface area contributed by atoms with E-state index in [0.717, 1.165) is 0 Å². The van der Waals surface area contributed by atoms with Crippen LogP contribution in [0.15, 0.2) is 30.5 Å². The van der Waals surface area contributed by atoms with Crippen LogP contribution in [0.5, 0.6) is 0 Å². The van der Waals surface area contributed by atoms with Crippen LogP contribution in [0.4, 0.5) is 4.39 Å². The summed E-state index contributed by atoms with van der Waals surface area (Å²) in [6, 6.07) is 5.57. The molecule has 1 unspecified atom stereocenters. The van der Waals surface area contributed by atoms with Crippen LogP contribution < -0.4 is 11.3 Å². The van der Waals surface area contributed by atoms with E-state index in [1.54, 1.807) is 18.2 Å². The van der Waals surface area contributed by atoms with Crippen molar-refractivity contribution in [2.45, 2.75) is 12.5 Å². The van der Waals surface area contributed by atoms with Gasteiger partial charge >= 0.3 is 0 Å². The van der Waals surface area contributed by atoms with Crippen molar-refractivity contribution in [2.75, 3.05) is 0 Å². The van der Waals surface area contributed by atoms with Gasteiger partial charge in [-0.25, -0.2) is 4.39 Å². The fourth-order valence-electron chi connectivity index (χ4n) is 1.85. The number of rotatable bonds is 4. The average molecular weight is 335 g/mol. The molecule has 2 rings (SSSR count). The first-order valence-electron chi connectivity index (χ1n) is 5.73. The van der Waals surface area contributed by atoms with Gasteiger partial charge < -0.3 is 0 Å². The minimum Gasteiger partial charge on any atom is -0.271 e. The quantitative estimate of drug-likeness (QED) is 0.658. The molecule has 7 heteroatoms. The molecular formula is C13H11Cl3FN3. The lowest BCUT2D eigenvalue weighted by atomic mass is 10.0. The van der Waals surface area contributed by atoms with Gasteiger partial charge in [0.2, 0.25) is 0 Å². The Balaban J connectivity index is 2.34. The number of hydrazine groups is 1. The Hall–Kier alpha value is -0.910. The fourth-order valence-corrected chi connectivity index (χ4v) is 2.60. The van der Waals surface area contributed by atoms with Gasteiger partial charge in [0.25, 0.3) is 0 Å². The molecular weight excluding hydrogens is 324 g/mol. The van der Waals surface area contributed by atoms with Gasteiger partial charge in [-0.2, -0.15) is 0 Å². The Morgan fingerprint density at radius 1 is 1.25 bits per heavy atom. The van der Waals surface area contributed by atoms with Crippen molar-refractivity contribution in [3.63, 3.8) is 0 Å². The maximum Gasteiger partial charge on any atom is 0.127 e. The van der Waals surface area contributed by atoms with Crippen molar-refractivity contribution in [1.29, 1.82) is 0 Å². The first-order valence-corrected chi connectivity index (χ1v) is 6.86. The van der Waals surface area contributed by atoms with Crippen LogP contribution in [0.1, 0.15) is 17.3 Å². The summed E-state index contributed by atoms with van der Waals surface area (Å²) in [6.45, 7) is 0. The number of halogens is 4. The largest absolute Gasteiger partial charge is 0.271 e. The normalized spacial score (nSPS) is 12.4. The summed E-state index contributed by atoms with van der Waals surface area (Å²) in [4.78, 5) is 4.13. The molecule has 0 fully saturated rings. The van der Waals surface area contributed by atoms with E-state index in [2.05, 4.69) is 10.4 Å². The summed E-state index contributed by atoms with van der Waals surface area (Å²) < 4.78 is 13.8. The second-order valence-corrected chi connectivity index (χ2v) is 5.40. The number of hydrogen-bond donors (Lipinski definition) is 2. The Kier molecular flexibility index (Phi) is 5.18. The third kappa shape index (κ3) is 3.40. The second kappa shape index (κ2) is 6.70. The smallest absolute Gasteiger partial charge is 0.127 e. The molecule has 1 aromatic heterocycles. The highest BCUT2D eigenvalue weighted by molar-refractivity contribution is 6.34. The molecule has 1 atom stereocenters. The molecule has 0 radical (unpaired) electrons. The van der Waals surface area contributed by atoms with Crippen LogP contribution in [0.3, 0.4) is 0 Å². The van der Waals surface area contributed by atoms with E-state index in [4.69, 9.17) is 40.6 Å². The number of nitrogens with zero attached hydrogens (tertiary/aromatic N) is 1. The third-order valence-electron chi connectivity index (χ3n) is 2.84. The van der Waals surface area contributed by atoms with Gasteiger partial charge in [-0.3, -0.25) is 16.3 Å². The molecule has 0 spiro atoms. The van der Waals surface area contributed by atoms with Crippen LogP contribution in [-0.4, -0.2) is 4.98 Å². The lowest BCUT2D eigenvalue weighted by Gasteiger charge is -2.18. The molecule has 0 saturated carbocycles. The predicted octanol–water partition coefficient (Wildman–Crippen LogP) is 3.93. The molecule has 3 nitrogen and oxygen atoms in total. The lowest BCUT2D eigenvalue weighted by molar-refractivity contribution is 0.519. The van der Waals surface area contributed by atoms with E-state index in [-0.39, 0.29) is 6.42 Å². The monoisotopic (exact) mass is 333 g/mol. The van der Waals surface area contributed by atoms with Crippen LogP contribution in [0, 0.1) is 5.82 Å². The topological polar surface area (TPSA) is 50.9 Å². The summed E-state index contributed by atoms with van der Waals surface area (Å²) in [5.41, 5.74) is 3.40. The molecule has 1 aromatic carbocycles. The van der Waals surface area contributed by atoms with E-state index in [1.807, 2.05) is 0 Å². The number of pyridine rings is 1. The SMILES string of the molecule is NNC(Cc1c(F)cccc1Cl)c1ncc(Cl)cc1Cl. The van der Waals surface area contributed by atoms with Crippen molar-refractivity contribution in [1.82, 2.24) is 10.4 Å². The van der Waals surface area contributed by atoms with Crippen molar-refractivity contribution >= 4 is 34.8 Å². The molecule has 0 amide bonds. The molecule has 1 heterocycles. The summed E-state index contributed by atoms with van der Waals surface area (Å²) in [5.74, 6) is 5.11. The van der Waals surface area contributed by atoms with Gasteiger partial charge in [0.05, 0.1) is 21.8 Å². The van der Waals surface area contributed by atoms with E-state index < -0.39 is 11.9 Å². The number of hydrogen-bond acceptors (Lipinski definition) is 3. The minimum absolute atomic E-state index is 0.219. The van der Waals surface area contributed by atoms with Gasteiger partial charge in [0.1, 0.15) is 5.82 Å². The molecule has 0 aliphatic carbocycles. The highest BCUT2D eigenvalue weighted by Gasteiger charge is 2.19. The lowest BCUT2D eigenvalue weighted by Crippen LogP contribution is -2.30. The zero-order valence-corrected chi connectivity index (χ0v) is 12.5. The highest BCUT2D eigenvalue weighted by Crippen LogP contribution is 2.29. The Labute approximate surface area is 130 Å². The fraction of sp³-hybridized carbons (Fsp3) is 0.154. The van der Waals surface area contributed by atoms with Crippen LogP contribution >= 0.6 is 34.8 Å². The van der Waals surface area contributed by atoms with Crippen LogP contribution in [-0.2, 0) is 6.42 Å². The van der Waals surface area contributed by atoms with Crippen molar-refractivity contribution < 1.29 is 4.39 Å². The van der Waals surface area contributed by atoms with Crippen molar-refractivity contribution in [3.05, 3.63) is 62.6 Å². The van der Waals surface area contributed by atoms with Gasteiger partial charge in [-0.05, 0) is 24.6 Å². The van der Waals surface area contributed by atoms with Gasteiger partial charge in [0.15, 0.2) is 0 Å². The van der Waals surface area contributed by atoms with Crippen LogP contribution in [0.25, 0.3) is 0 Å². The third-order valence-corrected chi connectivity index (χ3v) is 3.70. The molecule has 3 N–H and O–H groups in total. The maximum absolute atomic E-state index is 13.8. The first kappa shape index (κ1) is 15.5. The molecule has 20 heavy (non-hydrogen) atoms. The Bertz CT molecular complexity index is 602. The summed E-state index contributed by atoms with van der Waals surface area (Å²) in [7, 11) is 0. The highest BCUT2D eigenvalue weighted by atomic mass is 35.5. The van der Waals surface area contributed by atoms with Crippen LogP contribution in [0.2, 0.25) is 15.1 Å². The molecule has 0 bridgehead atoms. The number of aromatic nitrogens is 1. The molecule has 0 saturated heterocycles. The summed E-state index contributed by atoms with van der Waals surface area (Å²) in [5, 5.41) is 1.10. The summed E-state index contributed by atoms with van der Waals surface area (Å²) in [6.07, 6.45) is 1.67. The summed E-state index contributed by atoms with van der Waals surface area (Å²) >= 11 is 17.9. The van der Waals surface area contributed by atoms with Gasteiger partial charge in [-0.1, -0.05) is 40.9 Å². The predicted molar refractivity (Wildman–Crippen MR) is 79.4 cm³/mol. The number of nitrogens with one attached hydrogen (secondary N) is 1. The Morgan fingerprint density at radius 2 is 2.00 bits per heavy atom. The molecule has 0 aliphatic heterocycles.